The van der Waals surface area contributed by atoms with Crippen molar-refractivity contribution in [3.8, 4) is 5.75 Å². The fourth-order valence-corrected chi connectivity index (χ4v) is 1.84. The highest BCUT2D eigenvalue weighted by Crippen LogP contribution is 2.28. The van der Waals surface area contributed by atoms with Gasteiger partial charge in [-0.3, -0.25) is 0 Å². The minimum atomic E-state index is -1.47. The number of aryl methyl sites for hydroxylation is 1. The summed E-state index contributed by atoms with van der Waals surface area (Å²) in [4.78, 5) is 20.9. The maximum atomic E-state index is 11.2. The van der Waals surface area contributed by atoms with Crippen LogP contribution in [0, 0.1) is 27.7 Å². The molecule has 0 saturated carbocycles. The fourth-order valence-electron chi connectivity index (χ4n) is 1.84. The molecule has 0 aliphatic carbocycles. The van der Waals surface area contributed by atoms with Crippen LogP contribution in [0.2, 0.25) is 0 Å². The zero-order chi connectivity index (χ0) is 16.0. The summed E-state index contributed by atoms with van der Waals surface area (Å²) in [6.07, 6.45) is 0.271. The lowest BCUT2D eigenvalue weighted by molar-refractivity contribution is -0.354. The summed E-state index contributed by atoms with van der Waals surface area (Å²) >= 11 is 0. The smallest absolute Gasteiger partial charge is 0.376 e. The van der Waals surface area contributed by atoms with E-state index in [-0.39, 0.29) is 0 Å². The summed E-state index contributed by atoms with van der Waals surface area (Å²) in [5.41, 5.74) is 4.21. The number of carboxylic acids is 1. The van der Waals surface area contributed by atoms with Crippen molar-refractivity contribution in [1.82, 2.24) is 0 Å². The van der Waals surface area contributed by atoms with E-state index in [0.717, 1.165) is 29.5 Å². The Bertz CT molecular complexity index is 496. The standard InChI is InChI=1S/C16H24O5/c1-6-7-8-19-21-16(15(17)18)20-14-9-10(2)11(3)12(4)13(14)5/h9,16H,6-8H2,1-5H3,(H,17,18). The van der Waals surface area contributed by atoms with Gasteiger partial charge in [0.05, 0.1) is 6.61 Å². The van der Waals surface area contributed by atoms with E-state index in [0.29, 0.717) is 12.4 Å². The van der Waals surface area contributed by atoms with Crippen molar-refractivity contribution < 1.29 is 24.4 Å². The van der Waals surface area contributed by atoms with Gasteiger partial charge >= 0.3 is 12.3 Å². The van der Waals surface area contributed by atoms with Gasteiger partial charge in [0.15, 0.2) is 0 Å². The molecule has 0 aromatic heterocycles. The van der Waals surface area contributed by atoms with Gasteiger partial charge in [-0.15, -0.1) is 0 Å². The number of aliphatic carboxylic acids is 1. The first-order chi connectivity index (χ1) is 9.88. The Morgan fingerprint density at radius 2 is 1.86 bits per heavy atom. The molecule has 0 spiro atoms. The van der Waals surface area contributed by atoms with Crippen LogP contribution in [0.3, 0.4) is 0 Å². The maximum absolute atomic E-state index is 11.2. The Morgan fingerprint density at radius 1 is 1.19 bits per heavy atom. The summed E-state index contributed by atoms with van der Waals surface area (Å²) in [5, 5.41) is 9.15. The van der Waals surface area contributed by atoms with Crippen molar-refractivity contribution in [3.05, 3.63) is 28.3 Å². The molecule has 0 radical (unpaired) electrons. The molecule has 0 saturated heterocycles. The Balaban J connectivity index is 2.82. The third kappa shape index (κ3) is 4.72. The molecule has 21 heavy (non-hydrogen) atoms. The second-order valence-electron chi connectivity index (χ2n) is 5.13. The van der Waals surface area contributed by atoms with Crippen LogP contribution < -0.4 is 4.74 Å². The third-order valence-electron chi connectivity index (χ3n) is 3.61. The average Bonchev–Trinajstić information content (AvgIpc) is 2.45. The first-order valence-corrected chi connectivity index (χ1v) is 7.13. The maximum Gasteiger partial charge on any atom is 0.376 e. The van der Waals surface area contributed by atoms with Gasteiger partial charge in [-0.2, -0.15) is 4.89 Å². The molecule has 1 N–H and O–H groups in total. The summed E-state index contributed by atoms with van der Waals surface area (Å²) in [5.74, 6) is -0.719. The minimum absolute atomic E-state index is 0.342. The molecule has 0 bridgehead atoms. The van der Waals surface area contributed by atoms with Gasteiger partial charge in [-0.25, -0.2) is 9.68 Å². The van der Waals surface area contributed by atoms with Gasteiger partial charge < -0.3 is 9.84 Å². The molecule has 0 fully saturated rings. The van der Waals surface area contributed by atoms with E-state index in [9.17, 15) is 4.79 Å². The lowest BCUT2D eigenvalue weighted by Gasteiger charge is -2.19. The first-order valence-electron chi connectivity index (χ1n) is 7.13. The fraction of sp³-hybridized carbons (Fsp3) is 0.562. The molecular weight excluding hydrogens is 272 g/mol. The number of benzene rings is 1. The predicted molar refractivity (Wildman–Crippen MR) is 79.4 cm³/mol. The second kappa shape index (κ2) is 8.00. The van der Waals surface area contributed by atoms with Crippen LogP contribution in [-0.4, -0.2) is 24.0 Å². The highest BCUT2D eigenvalue weighted by molar-refractivity contribution is 5.71. The summed E-state index contributed by atoms with van der Waals surface area (Å²) in [6.45, 7) is 10.2. The number of carbonyl (C=O) groups is 1. The Labute approximate surface area is 125 Å². The molecular formula is C16H24O5. The van der Waals surface area contributed by atoms with E-state index in [1.54, 1.807) is 0 Å². The van der Waals surface area contributed by atoms with Crippen molar-refractivity contribution >= 4 is 5.97 Å². The lowest BCUT2D eigenvalue weighted by Crippen LogP contribution is -2.30. The lowest BCUT2D eigenvalue weighted by atomic mass is 9.99. The van der Waals surface area contributed by atoms with Crippen molar-refractivity contribution in [3.63, 3.8) is 0 Å². The van der Waals surface area contributed by atoms with E-state index < -0.39 is 12.3 Å². The SMILES string of the molecule is CCCCOOC(Oc1cc(C)c(C)c(C)c1C)C(=O)O. The van der Waals surface area contributed by atoms with Crippen LogP contribution in [0.25, 0.3) is 0 Å². The highest BCUT2D eigenvalue weighted by Gasteiger charge is 2.23. The van der Waals surface area contributed by atoms with Crippen LogP contribution in [0.1, 0.15) is 42.0 Å². The first kappa shape index (κ1) is 17.5. The van der Waals surface area contributed by atoms with Gasteiger partial charge in [-0.1, -0.05) is 13.3 Å². The van der Waals surface area contributed by atoms with E-state index in [2.05, 4.69) is 0 Å². The van der Waals surface area contributed by atoms with Crippen molar-refractivity contribution in [2.75, 3.05) is 6.61 Å². The monoisotopic (exact) mass is 296 g/mol. The number of hydrogen-bond donors (Lipinski definition) is 1. The molecule has 0 aliphatic rings. The molecule has 0 heterocycles. The number of rotatable bonds is 8. The minimum Gasteiger partial charge on any atom is -0.477 e. The zero-order valence-electron chi connectivity index (χ0n) is 13.4. The van der Waals surface area contributed by atoms with E-state index in [1.807, 2.05) is 40.7 Å². The molecule has 1 rings (SSSR count). The number of ether oxygens (including phenoxy) is 1. The topological polar surface area (TPSA) is 65.0 Å². The van der Waals surface area contributed by atoms with Crippen LogP contribution >= 0.6 is 0 Å². The van der Waals surface area contributed by atoms with Crippen LogP contribution in [0.5, 0.6) is 5.75 Å². The van der Waals surface area contributed by atoms with Crippen molar-refractivity contribution in [1.29, 1.82) is 0 Å². The Morgan fingerprint density at radius 3 is 2.43 bits per heavy atom. The summed E-state index contributed by atoms with van der Waals surface area (Å²) in [7, 11) is 0. The van der Waals surface area contributed by atoms with E-state index in [4.69, 9.17) is 19.6 Å². The Kier molecular flexibility index (Phi) is 6.65. The molecule has 118 valence electrons. The van der Waals surface area contributed by atoms with Crippen LogP contribution in [0.4, 0.5) is 0 Å². The number of carboxylic acid groups (broad SMARTS) is 1. The number of unbranched alkanes of at least 4 members (excludes halogenated alkanes) is 1. The van der Waals surface area contributed by atoms with Gasteiger partial charge in [0, 0.05) is 0 Å². The molecule has 1 aromatic rings. The quantitative estimate of drug-likeness (QED) is 0.344. The predicted octanol–water partition coefficient (Wildman–Crippen LogP) is 3.46. The third-order valence-corrected chi connectivity index (χ3v) is 3.61. The van der Waals surface area contributed by atoms with Crippen molar-refractivity contribution in [2.24, 2.45) is 0 Å². The normalized spacial score (nSPS) is 12.2. The van der Waals surface area contributed by atoms with E-state index in [1.165, 1.54) is 5.56 Å². The van der Waals surface area contributed by atoms with Crippen molar-refractivity contribution in [2.45, 2.75) is 53.8 Å². The largest absolute Gasteiger partial charge is 0.477 e. The average molecular weight is 296 g/mol. The molecule has 0 amide bonds. The van der Waals surface area contributed by atoms with Gasteiger partial charge in [-0.05, 0) is 62.4 Å². The molecule has 1 unspecified atom stereocenters. The van der Waals surface area contributed by atoms with Crippen LogP contribution in [-0.2, 0) is 14.6 Å². The van der Waals surface area contributed by atoms with Gasteiger partial charge in [0.2, 0.25) is 0 Å². The molecule has 5 heteroatoms. The molecule has 5 nitrogen and oxygen atoms in total. The molecule has 1 aromatic carbocycles. The molecule has 0 aliphatic heterocycles. The summed E-state index contributed by atoms with van der Waals surface area (Å²) < 4.78 is 5.46. The highest BCUT2D eigenvalue weighted by atomic mass is 17.2. The Hall–Kier alpha value is -1.59. The zero-order valence-corrected chi connectivity index (χ0v) is 13.4. The molecule has 1 atom stereocenters. The van der Waals surface area contributed by atoms with Gasteiger partial charge in [0.25, 0.3) is 0 Å². The summed E-state index contributed by atoms with van der Waals surface area (Å²) in [6, 6.07) is 1.82. The number of hydrogen-bond acceptors (Lipinski definition) is 4. The van der Waals surface area contributed by atoms with Gasteiger partial charge in [0.1, 0.15) is 5.75 Å². The van der Waals surface area contributed by atoms with E-state index >= 15 is 0 Å². The van der Waals surface area contributed by atoms with Crippen LogP contribution in [0.15, 0.2) is 6.07 Å². The second-order valence-corrected chi connectivity index (χ2v) is 5.13.